The molecule has 0 saturated carbocycles. The van der Waals surface area contributed by atoms with Gasteiger partial charge in [-0.3, -0.25) is 4.57 Å². The average molecular weight is 602 g/mol. The van der Waals surface area contributed by atoms with Crippen molar-refractivity contribution in [1.29, 1.82) is 0 Å². The highest BCUT2D eigenvalue weighted by atomic mass is 31.2. The Bertz CT molecular complexity index is 1050. The van der Waals surface area contributed by atoms with Gasteiger partial charge in [0.05, 0.1) is 31.0 Å². The Morgan fingerprint density at radius 2 is 1.51 bits per heavy atom. The lowest BCUT2D eigenvalue weighted by molar-refractivity contribution is -0.280. The van der Waals surface area contributed by atoms with E-state index in [2.05, 4.69) is 0 Å². The fraction of sp³-hybridized carbons (Fsp3) is 0.793. The van der Waals surface area contributed by atoms with E-state index in [-0.39, 0.29) is 19.8 Å². The molecule has 12 heteroatoms. The van der Waals surface area contributed by atoms with Gasteiger partial charge in [-0.05, 0) is 74.8 Å². The Morgan fingerprint density at radius 1 is 0.927 bits per heavy atom. The Kier molecular flexibility index (Phi) is 9.53. The number of ether oxygens (including phenoxy) is 6. The zero-order valence-electron chi connectivity index (χ0n) is 26.0. The zero-order chi connectivity index (χ0) is 30.4. The topological polar surface area (TPSA) is 114 Å². The molecule has 0 radical (unpaired) electrons. The van der Waals surface area contributed by atoms with Crippen LogP contribution in [0, 0.1) is 0 Å². The fourth-order valence-corrected chi connectivity index (χ4v) is 7.76. The summed E-state index contributed by atoms with van der Waals surface area (Å²) in [5, 5.41) is 12.8. The Morgan fingerprint density at radius 3 is 2.05 bits per heavy atom. The molecule has 3 saturated heterocycles. The minimum atomic E-state index is -4.12. The first-order chi connectivity index (χ1) is 18.8. The number of benzene rings is 1. The first kappa shape index (κ1) is 33.0. The Labute approximate surface area is 244 Å². The molecule has 3 heterocycles. The van der Waals surface area contributed by atoms with E-state index in [1.54, 1.807) is 55.4 Å². The van der Waals surface area contributed by atoms with Crippen molar-refractivity contribution in [1.82, 2.24) is 5.06 Å². The van der Waals surface area contributed by atoms with Gasteiger partial charge in [0.15, 0.2) is 23.6 Å². The average Bonchev–Trinajstić information content (AvgIpc) is 3.43. The van der Waals surface area contributed by atoms with Crippen LogP contribution in [0.1, 0.15) is 74.8 Å². The van der Waals surface area contributed by atoms with Gasteiger partial charge in [0, 0.05) is 0 Å². The number of fused-ring (bicyclic) bond motifs is 1. The number of hydrogen-bond acceptors (Lipinski definition) is 11. The van der Waals surface area contributed by atoms with E-state index in [9.17, 15) is 9.77 Å². The van der Waals surface area contributed by atoms with Crippen LogP contribution in [0.25, 0.3) is 0 Å². The summed E-state index contributed by atoms with van der Waals surface area (Å²) in [5.74, 6) is -3.00. The van der Waals surface area contributed by atoms with Crippen LogP contribution < -0.4 is 0 Å². The molecule has 1 N–H and O–H groups in total. The van der Waals surface area contributed by atoms with Crippen molar-refractivity contribution < 1.29 is 47.2 Å². The number of hydroxylamine groups is 2. The lowest BCUT2D eigenvalue weighted by atomic mass is 10.1. The molecular weight excluding hydrogens is 553 g/mol. The lowest BCUT2D eigenvalue weighted by Crippen LogP contribution is -2.50. The van der Waals surface area contributed by atoms with E-state index in [4.69, 9.17) is 37.5 Å². The minimum absolute atomic E-state index is 0.183. The molecule has 41 heavy (non-hydrogen) atoms. The van der Waals surface area contributed by atoms with Gasteiger partial charge in [-0.1, -0.05) is 30.3 Å². The van der Waals surface area contributed by atoms with Crippen LogP contribution in [0.5, 0.6) is 0 Å². The van der Waals surface area contributed by atoms with Gasteiger partial charge in [-0.15, -0.1) is 5.06 Å². The van der Waals surface area contributed by atoms with Gasteiger partial charge in [0.1, 0.15) is 24.4 Å². The maximum Gasteiger partial charge on any atom is 0.353 e. The van der Waals surface area contributed by atoms with Gasteiger partial charge in [0.25, 0.3) is 0 Å². The van der Waals surface area contributed by atoms with Crippen molar-refractivity contribution in [3.8, 4) is 0 Å². The van der Waals surface area contributed by atoms with E-state index in [0.29, 0.717) is 0 Å². The number of rotatable bonds is 10. The summed E-state index contributed by atoms with van der Waals surface area (Å²) in [4.78, 5) is 0. The lowest BCUT2D eigenvalue weighted by Gasteiger charge is -2.40. The summed E-state index contributed by atoms with van der Waals surface area (Å²) in [6.45, 7) is 18.3. The Hall–Kier alpha value is -0.950. The molecule has 0 unspecified atom stereocenters. The minimum Gasteiger partial charge on any atom is -0.374 e. The van der Waals surface area contributed by atoms with Crippen molar-refractivity contribution in [2.75, 3.05) is 13.2 Å². The van der Waals surface area contributed by atoms with Gasteiger partial charge in [-0.25, -0.2) is 0 Å². The van der Waals surface area contributed by atoms with E-state index < -0.39 is 66.8 Å². The molecule has 0 spiro atoms. The number of hydrogen-bond donors (Lipinski definition) is 1. The molecule has 234 valence electrons. The maximum atomic E-state index is 14.7. The second kappa shape index (κ2) is 11.9. The summed E-state index contributed by atoms with van der Waals surface area (Å²) in [6.07, 6.45) is -3.50. The van der Waals surface area contributed by atoms with Crippen LogP contribution >= 0.6 is 7.60 Å². The van der Waals surface area contributed by atoms with Crippen molar-refractivity contribution in [3.63, 3.8) is 0 Å². The van der Waals surface area contributed by atoms with Crippen molar-refractivity contribution >= 4 is 7.60 Å². The predicted octanol–water partition coefficient (Wildman–Crippen LogP) is 5.44. The first-order valence-electron chi connectivity index (χ1n) is 14.2. The van der Waals surface area contributed by atoms with E-state index in [0.717, 1.165) is 10.6 Å². The van der Waals surface area contributed by atoms with Crippen molar-refractivity contribution in [3.05, 3.63) is 35.9 Å². The molecule has 0 aliphatic carbocycles. The molecule has 1 aromatic rings. The molecule has 4 rings (SSSR count). The highest BCUT2D eigenvalue weighted by molar-refractivity contribution is 7.54. The summed E-state index contributed by atoms with van der Waals surface area (Å²) >= 11 is 0. The summed E-state index contributed by atoms with van der Waals surface area (Å²) in [7, 11) is -4.12. The van der Waals surface area contributed by atoms with Gasteiger partial charge >= 0.3 is 7.60 Å². The molecule has 11 nitrogen and oxygen atoms in total. The normalized spacial score (nSPS) is 30.6. The summed E-state index contributed by atoms with van der Waals surface area (Å²) in [5.41, 5.74) is -0.806. The molecule has 3 aliphatic rings. The molecule has 0 amide bonds. The summed E-state index contributed by atoms with van der Waals surface area (Å²) < 4.78 is 63.8. The Balaban J connectivity index is 1.66. The zero-order valence-corrected chi connectivity index (χ0v) is 26.9. The third-order valence-electron chi connectivity index (χ3n) is 6.57. The summed E-state index contributed by atoms with van der Waals surface area (Å²) in [6, 6.07) is 9.59. The second-order valence-corrected chi connectivity index (χ2v) is 15.8. The molecule has 0 aromatic heterocycles. The fourth-order valence-electron chi connectivity index (χ4n) is 5.24. The van der Waals surface area contributed by atoms with Gasteiger partial charge < -0.3 is 42.7 Å². The van der Waals surface area contributed by atoms with Crippen LogP contribution in [-0.4, -0.2) is 82.7 Å². The largest absolute Gasteiger partial charge is 0.374 e. The van der Waals surface area contributed by atoms with Crippen LogP contribution in [0.3, 0.4) is 0 Å². The van der Waals surface area contributed by atoms with Crippen molar-refractivity contribution in [2.24, 2.45) is 0 Å². The molecule has 6 atom stereocenters. The first-order valence-corrected chi connectivity index (χ1v) is 15.8. The van der Waals surface area contributed by atoms with E-state index >= 15 is 0 Å². The van der Waals surface area contributed by atoms with Crippen LogP contribution in [0.4, 0.5) is 0 Å². The van der Waals surface area contributed by atoms with Gasteiger partial charge in [-0.2, -0.15) is 0 Å². The molecule has 1 aromatic carbocycles. The molecular formula is C29H48NO10P. The smallest absolute Gasteiger partial charge is 0.353 e. The van der Waals surface area contributed by atoms with E-state index in [1.807, 2.05) is 44.2 Å². The highest BCUT2D eigenvalue weighted by Crippen LogP contribution is 2.60. The quantitative estimate of drug-likeness (QED) is 0.273. The highest BCUT2D eigenvalue weighted by Gasteiger charge is 2.62. The predicted molar refractivity (Wildman–Crippen MR) is 150 cm³/mol. The van der Waals surface area contributed by atoms with E-state index in [1.165, 1.54) is 0 Å². The van der Waals surface area contributed by atoms with Crippen LogP contribution in [0.2, 0.25) is 0 Å². The third-order valence-corrected chi connectivity index (χ3v) is 9.29. The maximum absolute atomic E-state index is 14.7. The molecule has 3 fully saturated rings. The number of nitrogens with zero attached hydrogens (tertiary/aromatic N) is 1. The third kappa shape index (κ3) is 8.37. The van der Waals surface area contributed by atoms with Crippen molar-refractivity contribution in [2.45, 2.75) is 135 Å². The van der Waals surface area contributed by atoms with Crippen LogP contribution in [0.15, 0.2) is 30.3 Å². The monoisotopic (exact) mass is 601 g/mol. The standard InChI is InChI=1S/C29H48NO10P/c1-26(2,3)39-41(32,40-27(4,5)6)21(18-33-16-19-14-12-11-13-15-19)30(31)25-24-23(37-29(9,10)38-24)22(35-25)20-17-34-28(7,8)36-20/h11-15,20-25,31H,16-18H2,1-10H3/t20-,21+,22-,23+,24+,25+/m1/s1. The van der Waals surface area contributed by atoms with Gasteiger partial charge in [0.2, 0.25) is 0 Å². The molecule has 0 bridgehead atoms. The second-order valence-electron chi connectivity index (χ2n) is 13.7. The molecule has 3 aliphatic heterocycles. The SMILES string of the molecule is CC(C)(C)OP(=O)(OC(C)(C)C)[C@@H](COCc1ccccc1)N(O)[C@H]1O[C@H]([C@H]2COC(C)(C)O2)[C@@H]2OC(C)(C)O[C@@H]21. The van der Waals surface area contributed by atoms with Crippen LogP contribution in [-0.2, 0) is 48.6 Å².